The lowest BCUT2D eigenvalue weighted by Gasteiger charge is -2.14. The summed E-state index contributed by atoms with van der Waals surface area (Å²) in [4.78, 5) is 10.1. The molecular weight excluding hydrogens is 479 g/mol. The van der Waals surface area contributed by atoms with Crippen molar-refractivity contribution in [3.63, 3.8) is 0 Å². The fourth-order valence-electron chi connectivity index (χ4n) is 2.40. The van der Waals surface area contributed by atoms with Crippen LogP contribution < -0.4 is 24.8 Å². The van der Waals surface area contributed by atoms with Crippen LogP contribution in [0.4, 0.5) is 0 Å². The van der Waals surface area contributed by atoms with E-state index in [0.717, 1.165) is 23.8 Å². The van der Waals surface area contributed by atoms with Crippen LogP contribution >= 0.6 is 35.3 Å². The van der Waals surface area contributed by atoms with E-state index in [-0.39, 0.29) is 24.0 Å². The van der Waals surface area contributed by atoms with Crippen molar-refractivity contribution in [3.05, 3.63) is 33.8 Å². The fraction of sp³-hybridized carbons (Fsp3) is 0.444. The Hall–Kier alpha value is -1.75. The summed E-state index contributed by atoms with van der Waals surface area (Å²) in [6, 6.07) is 3.81. The van der Waals surface area contributed by atoms with E-state index in [1.165, 1.54) is 4.88 Å². The number of nitrogens with one attached hydrogen (secondary N) is 2. The molecule has 0 amide bonds. The van der Waals surface area contributed by atoms with Crippen LogP contribution in [-0.4, -0.2) is 38.8 Å². The second-order valence-corrected chi connectivity index (χ2v) is 6.38. The predicted molar refractivity (Wildman–Crippen MR) is 120 cm³/mol. The summed E-state index contributed by atoms with van der Waals surface area (Å²) >= 11 is 1.63. The van der Waals surface area contributed by atoms with Gasteiger partial charge in [-0.25, -0.2) is 9.98 Å². The number of aromatic nitrogens is 1. The monoisotopic (exact) mass is 506 g/mol. The number of nitrogens with zero attached hydrogens (tertiary/aromatic N) is 2. The number of methoxy groups -OCH3 is 3. The molecule has 1 aromatic carbocycles. The Kier molecular flexibility index (Phi) is 10.2. The molecule has 2 rings (SSSR count). The van der Waals surface area contributed by atoms with E-state index >= 15 is 0 Å². The van der Waals surface area contributed by atoms with E-state index in [9.17, 15) is 0 Å². The van der Waals surface area contributed by atoms with Crippen LogP contribution in [-0.2, 0) is 13.1 Å². The Morgan fingerprint density at radius 3 is 2.26 bits per heavy atom. The SMILES string of the molecule is CCNC(=NCc1cc(OC)c(OC)c(OC)c1)NCc1scnc1C.I. The second-order valence-electron chi connectivity index (χ2n) is 5.44. The van der Waals surface area contributed by atoms with Gasteiger partial charge in [0.15, 0.2) is 17.5 Å². The molecule has 0 atom stereocenters. The Bertz CT molecular complexity index is 727. The van der Waals surface area contributed by atoms with Crippen molar-refractivity contribution in [2.45, 2.75) is 26.9 Å². The number of hydrogen-bond acceptors (Lipinski definition) is 6. The number of benzene rings is 1. The molecule has 0 aliphatic rings. The van der Waals surface area contributed by atoms with Crippen LogP contribution in [0.1, 0.15) is 23.1 Å². The van der Waals surface area contributed by atoms with Gasteiger partial charge in [-0.15, -0.1) is 35.3 Å². The molecule has 1 aromatic heterocycles. The number of guanidine groups is 1. The quantitative estimate of drug-likeness (QED) is 0.325. The van der Waals surface area contributed by atoms with Crippen molar-refractivity contribution in [2.75, 3.05) is 27.9 Å². The van der Waals surface area contributed by atoms with Crippen LogP contribution in [0.25, 0.3) is 0 Å². The van der Waals surface area contributed by atoms with E-state index in [0.29, 0.717) is 30.3 Å². The summed E-state index contributed by atoms with van der Waals surface area (Å²) in [7, 11) is 4.80. The summed E-state index contributed by atoms with van der Waals surface area (Å²) < 4.78 is 16.1. The third-order valence-electron chi connectivity index (χ3n) is 3.75. The van der Waals surface area contributed by atoms with E-state index in [1.54, 1.807) is 32.7 Å². The Morgan fingerprint density at radius 2 is 1.78 bits per heavy atom. The van der Waals surface area contributed by atoms with Gasteiger partial charge in [0.25, 0.3) is 0 Å². The van der Waals surface area contributed by atoms with E-state index in [4.69, 9.17) is 14.2 Å². The van der Waals surface area contributed by atoms with Crippen LogP contribution in [0.3, 0.4) is 0 Å². The molecule has 0 unspecified atom stereocenters. The maximum absolute atomic E-state index is 5.39. The van der Waals surface area contributed by atoms with Gasteiger partial charge in [-0.1, -0.05) is 0 Å². The number of aryl methyl sites for hydroxylation is 1. The summed E-state index contributed by atoms with van der Waals surface area (Å²) in [5.41, 5.74) is 3.86. The van der Waals surface area contributed by atoms with Crippen molar-refractivity contribution < 1.29 is 14.2 Å². The molecule has 1 heterocycles. The van der Waals surface area contributed by atoms with Gasteiger partial charge in [0.2, 0.25) is 5.75 Å². The van der Waals surface area contributed by atoms with Gasteiger partial charge in [-0.05, 0) is 31.5 Å². The van der Waals surface area contributed by atoms with Gasteiger partial charge in [0.05, 0.1) is 45.6 Å². The minimum Gasteiger partial charge on any atom is -0.493 e. The topological polar surface area (TPSA) is 77.0 Å². The Labute approximate surface area is 181 Å². The molecule has 2 aromatic rings. The van der Waals surface area contributed by atoms with E-state index in [2.05, 4.69) is 20.6 Å². The normalized spacial score (nSPS) is 10.8. The van der Waals surface area contributed by atoms with Crippen LogP contribution in [0.15, 0.2) is 22.6 Å². The molecule has 0 saturated heterocycles. The highest BCUT2D eigenvalue weighted by atomic mass is 127. The first-order chi connectivity index (χ1) is 12.6. The predicted octanol–water partition coefficient (Wildman–Crippen LogP) is 3.35. The Balaban J connectivity index is 0.00000364. The van der Waals surface area contributed by atoms with Crippen LogP contribution in [0.5, 0.6) is 17.2 Å². The molecule has 0 spiro atoms. The van der Waals surface area contributed by atoms with E-state index < -0.39 is 0 Å². The maximum Gasteiger partial charge on any atom is 0.203 e. The average molecular weight is 506 g/mol. The van der Waals surface area contributed by atoms with Crippen LogP contribution in [0.2, 0.25) is 0 Å². The lowest BCUT2D eigenvalue weighted by Crippen LogP contribution is -2.36. The first-order valence-electron chi connectivity index (χ1n) is 8.32. The second kappa shape index (κ2) is 11.9. The van der Waals surface area contributed by atoms with Crippen molar-refractivity contribution in [1.82, 2.24) is 15.6 Å². The van der Waals surface area contributed by atoms with Crippen LogP contribution in [0, 0.1) is 6.92 Å². The minimum absolute atomic E-state index is 0. The smallest absolute Gasteiger partial charge is 0.203 e. The molecule has 2 N–H and O–H groups in total. The maximum atomic E-state index is 5.39. The number of ether oxygens (including phenoxy) is 3. The summed E-state index contributed by atoms with van der Waals surface area (Å²) in [6.45, 7) is 6.00. The molecule has 0 saturated carbocycles. The molecule has 27 heavy (non-hydrogen) atoms. The highest BCUT2D eigenvalue weighted by molar-refractivity contribution is 14.0. The third kappa shape index (κ3) is 6.42. The highest BCUT2D eigenvalue weighted by Crippen LogP contribution is 2.38. The molecule has 9 heteroatoms. The molecule has 7 nitrogen and oxygen atoms in total. The molecule has 0 radical (unpaired) electrons. The number of halogens is 1. The van der Waals surface area contributed by atoms with Crippen molar-refractivity contribution in [1.29, 1.82) is 0 Å². The van der Waals surface area contributed by atoms with Crippen molar-refractivity contribution in [2.24, 2.45) is 4.99 Å². The Morgan fingerprint density at radius 1 is 1.11 bits per heavy atom. The number of rotatable bonds is 8. The highest BCUT2D eigenvalue weighted by Gasteiger charge is 2.13. The van der Waals surface area contributed by atoms with Gasteiger partial charge in [0, 0.05) is 11.4 Å². The number of aliphatic imine (C=N–C) groups is 1. The summed E-state index contributed by atoms with van der Waals surface area (Å²) in [6.07, 6.45) is 0. The average Bonchev–Trinajstić information content (AvgIpc) is 3.07. The summed E-state index contributed by atoms with van der Waals surface area (Å²) in [5.74, 6) is 2.56. The largest absolute Gasteiger partial charge is 0.493 e. The molecular formula is C18H27IN4O3S. The molecule has 150 valence electrons. The lowest BCUT2D eigenvalue weighted by molar-refractivity contribution is 0.324. The van der Waals surface area contributed by atoms with Gasteiger partial charge in [0.1, 0.15) is 0 Å². The van der Waals surface area contributed by atoms with Gasteiger partial charge in [-0.2, -0.15) is 0 Å². The molecule has 0 aliphatic heterocycles. The third-order valence-corrected chi connectivity index (χ3v) is 4.68. The molecule has 0 bridgehead atoms. The number of hydrogen-bond donors (Lipinski definition) is 2. The van der Waals surface area contributed by atoms with Crippen molar-refractivity contribution >= 4 is 41.3 Å². The van der Waals surface area contributed by atoms with Gasteiger partial charge < -0.3 is 24.8 Å². The summed E-state index contributed by atoms with van der Waals surface area (Å²) in [5, 5.41) is 6.59. The van der Waals surface area contributed by atoms with Gasteiger partial charge >= 0.3 is 0 Å². The minimum atomic E-state index is 0. The first-order valence-corrected chi connectivity index (χ1v) is 9.20. The molecule has 0 aliphatic carbocycles. The zero-order valence-corrected chi connectivity index (χ0v) is 19.4. The fourth-order valence-corrected chi connectivity index (χ4v) is 3.12. The van der Waals surface area contributed by atoms with Crippen molar-refractivity contribution in [3.8, 4) is 17.2 Å². The zero-order chi connectivity index (χ0) is 18.9. The van der Waals surface area contributed by atoms with Gasteiger partial charge in [-0.3, -0.25) is 0 Å². The lowest BCUT2D eigenvalue weighted by atomic mass is 10.2. The van der Waals surface area contributed by atoms with E-state index in [1.807, 2.05) is 31.5 Å². The number of thiazole rings is 1. The first kappa shape index (κ1) is 23.3. The standard InChI is InChI=1S/C18H26N4O3S.HI/c1-6-19-18(21-10-16-12(2)22-11-26-16)20-9-13-7-14(23-3)17(25-5)15(8-13)24-4;/h7-8,11H,6,9-10H2,1-5H3,(H2,19,20,21);1H. The molecule has 0 fully saturated rings. The zero-order valence-electron chi connectivity index (χ0n) is 16.3.